The fourth-order valence-corrected chi connectivity index (χ4v) is 1.53. The molecule has 0 fully saturated rings. The highest BCUT2D eigenvalue weighted by Gasteiger charge is 2.04. The second-order valence-corrected chi connectivity index (χ2v) is 3.34. The molecule has 0 saturated carbocycles. The molecule has 0 bridgehead atoms. The molecule has 0 aromatic rings. The normalized spacial score (nSPS) is 16.5. The summed E-state index contributed by atoms with van der Waals surface area (Å²) in [6.45, 7) is 11.1. The van der Waals surface area contributed by atoms with E-state index in [0.29, 0.717) is 0 Å². The molecule has 0 spiro atoms. The fourth-order valence-electron chi connectivity index (χ4n) is 1.53. The predicted molar refractivity (Wildman–Crippen MR) is 69.9 cm³/mol. The summed E-state index contributed by atoms with van der Waals surface area (Å²) in [5.41, 5.74) is 2.64. The molecule has 86 valence electrons. The number of allylic oxidation sites excluding steroid dienone is 4. The van der Waals surface area contributed by atoms with E-state index in [0.717, 1.165) is 13.0 Å². The molecule has 0 atom stereocenters. The molecule has 1 heterocycles. The van der Waals surface area contributed by atoms with Crippen LogP contribution in [0.15, 0.2) is 36.1 Å². The number of rotatable bonds is 3. The van der Waals surface area contributed by atoms with E-state index in [4.69, 9.17) is 0 Å². The Hall–Kier alpha value is -0.980. The number of hydrogen-bond acceptors (Lipinski definition) is 1. The van der Waals surface area contributed by atoms with Crippen molar-refractivity contribution in [3.8, 4) is 0 Å². The lowest BCUT2D eigenvalue weighted by Crippen LogP contribution is -2.12. The summed E-state index contributed by atoms with van der Waals surface area (Å²) in [5.74, 6) is 0. The standard InChI is InChI=1S/C12H19N.C2H6/c1-3-5-9-12-11(4-2)8-6-7-10-13-12;1-2/h4-5,9,13H,2-3,6-8,10H2,1H3;1-2H3/b9-5-;. The minimum atomic E-state index is 1.09. The van der Waals surface area contributed by atoms with Gasteiger partial charge in [0.05, 0.1) is 0 Å². The Labute approximate surface area is 95.0 Å². The van der Waals surface area contributed by atoms with Crippen LogP contribution in [-0.4, -0.2) is 6.54 Å². The quantitative estimate of drug-likeness (QED) is 0.731. The summed E-state index contributed by atoms with van der Waals surface area (Å²) in [6, 6.07) is 0. The molecule has 0 amide bonds. The molecule has 1 aliphatic rings. The van der Waals surface area contributed by atoms with Crippen molar-refractivity contribution in [3.05, 3.63) is 36.1 Å². The van der Waals surface area contributed by atoms with E-state index in [1.54, 1.807) is 0 Å². The van der Waals surface area contributed by atoms with Crippen molar-refractivity contribution in [3.63, 3.8) is 0 Å². The number of hydrogen-bond donors (Lipinski definition) is 1. The largest absolute Gasteiger partial charge is 0.385 e. The first-order chi connectivity index (χ1) is 7.38. The van der Waals surface area contributed by atoms with E-state index in [2.05, 4.69) is 31.0 Å². The Morgan fingerprint density at radius 3 is 2.67 bits per heavy atom. The highest BCUT2D eigenvalue weighted by atomic mass is 14.9. The summed E-state index contributed by atoms with van der Waals surface area (Å²) >= 11 is 0. The lowest BCUT2D eigenvalue weighted by molar-refractivity contribution is 0.720. The Bertz CT molecular complexity index is 223. The van der Waals surface area contributed by atoms with Crippen molar-refractivity contribution < 1.29 is 0 Å². The Morgan fingerprint density at radius 1 is 1.33 bits per heavy atom. The molecule has 1 rings (SSSR count). The van der Waals surface area contributed by atoms with Crippen LogP contribution >= 0.6 is 0 Å². The van der Waals surface area contributed by atoms with Gasteiger partial charge in [0.15, 0.2) is 0 Å². The highest BCUT2D eigenvalue weighted by molar-refractivity contribution is 5.31. The van der Waals surface area contributed by atoms with Crippen LogP contribution in [0.4, 0.5) is 0 Å². The average Bonchev–Trinajstić information content (AvgIpc) is 2.53. The zero-order valence-corrected chi connectivity index (χ0v) is 10.5. The number of nitrogens with one attached hydrogen (secondary N) is 1. The zero-order valence-electron chi connectivity index (χ0n) is 10.5. The van der Waals surface area contributed by atoms with Crippen LogP contribution in [0.2, 0.25) is 0 Å². The van der Waals surface area contributed by atoms with Gasteiger partial charge in [0, 0.05) is 12.2 Å². The van der Waals surface area contributed by atoms with Crippen LogP contribution in [0.25, 0.3) is 0 Å². The molecule has 1 N–H and O–H groups in total. The van der Waals surface area contributed by atoms with Crippen LogP contribution in [0.5, 0.6) is 0 Å². The molecule has 15 heavy (non-hydrogen) atoms. The van der Waals surface area contributed by atoms with Crippen LogP contribution in [0.1, 0.15) is 46.5 Å². The van der Waals surface area contributed by atoms with Gasteiger partial charge >= 0.3 is 0 Å². The van der Waals surface area contributed by atoms with Gasteiger partial charge in [-0.1, -0.05) is 39.5 Å². The van der Waals surface area contributed by atoms with Crippen LogP contribution in [0, 0.1) is 0 Å². The third kappa shape index (κ3) is 5.46. The third-order valence-corrected chi connectivity index (χ3v) is 2.30. The molecule has 0 radical (unpaired) electrons. The van der Waals surface area contributed by atoms with Crippen LogP contribution < -0.4 is 5.32 Å². The summed E-state index contributed by atoms with van der Waals surface area (Å²) in [7, 11) is 0. The monoisotopic (exact) mass is 207 g/mol. The molecule has 0 unspecified atom stereocenters. The minimum absolute atomic E-state index is 1.09. The maximum atomic E-state index is 3.85. The van der Waals surface area contributed by atoms with Gasteiger partial charge in [-0.15, -0.1) is 0 Å². The van der Waals surface area contributed by atoms with E-state index in [1.807, 2.05) is 19.9 Å². The summed E-state index contributed by atoms with van der Waals surface area (Å²) < 4.78 is 0. The molecule has 1 heteroatoms. The van der Waals surface area contributed by atoms with E-state index in [9.17, 15) is 0 Å². The molecule has 1 nitrogen and oxygen atoms in total. The van der Waals surface area contributed by atoms with Gasteiger partial charge in [-0.2, -0.15) is 0 Å². The zero-order chi connectivity index (χ0) is 11.5. The average molecular weight is 207 g/mol. The predicted octanol–water partition coefficient (Wildman–Crippen LogP) is 4.19. The Morgan fingerprint density at radius 2 is 2.07 bits per heavy atom. The van der Waals surface area contributed by atoms with Crippen LogP contribution in [-0.2, 0) is 0 Å². The molecule has 0 aliphatic carbocycles. The van der Waals surface area contributed by atoms with Crippen molar-refractivity contribution in [1.82, 2.24) is 5.32 Å². The lowest BCUT2D eigenvalue weighted by atomic mass is 10.1. The van der Waals surface area contributed by atoms with Crippen molar-refractivity contribution in [2.45, 2.75) is 46.5 Å². The smallest absolute Gasteiger partial charge is 0.0369 e. The van der Waals surface area contributed by atoms with E-state index >= 15 is 0 Å². The molecular formula is C14H25N. The Kier molecular flexibility index (Phi) is 8.95. The first kappa shape index (κ1) is 14.0. The second kappa shape index (κ2) is 9.57. The first-order valence-electron chi connectivity index (χ1n) is 6.14. The Balaban J connectivity index is 0.000000921. The van der Waals surface area contributed by atoms with Gasteiger partial charge in [0.25, 0.3) is 0 Å². The van der Waals surface area contributed by atoms with Gasteiger partial charge in [-0.3, -0.25) is 0 Å². The molecule has 0 saturated heterocycles. The SMILES string of the molecule is C=CC1=C(/C=C\CC)NCCCC1.CC. The minimum Gasteiger partial charge on any atom is -0.385 e. The molecule has 0 aromatic carbocycles. The van der Waals surface area contributed by atoms with Crippen molar-refractivity contribution in [2.75, 3.05) is 6.54 Å². The van der Waals surface area contributed by atoms with E-state index in [1.165, 1.54) is 30.5 Å². The lowest BCUT2D eigenvalue weighted by Gasteiger charge is -2.06. The highest BCUT2D eigenvalue weighted by Crippen LogP contribution is 2.16. The maximum Gasteiger partial charge on any atom is 0.0369 e. The second-order valence-electron chi connectivity index (χ2n) is 3.34. The van der Waals surface area contributed by atoms with Crippen molar-refractivity contribution in [1.29, 1.82) is 0 Å². The van der Waals surface area contributed by atoms with Crippen molar-refractivity contribution >= 4 is 0 Å². The van der Waals surface area contributed by atoms with Crippen LogP contribution in [0.3, 0.4) is 0 Å². The van der Waals surface area contributed by atoms with Gasteiger partial charge < -0.3 is 5.32 Å². The van der Waals surface area contributed by atoms with Crippen molar-refractivity contribution in [2.24, 2.45) is 0 Å². The van der Waals surface area contributed by atoms with Gasteiger partial charge in [0.2, 0.25) is 0 Å². The summed E-state index contributed by atoms with van der Waals surface area (Å²) in [4.78, 5) is 0. The molecular weight excluding hydrogens is 182 g/mol. The maximum absolute atomic E-state index is 3.85. The fraction of sp³-hybridized carbons (Fsp3) is 0.571. The van der Waals surface area contributed by atoms with Gasteiger partial charge in [-0.25, -0.2) is 0 Å². The van der Waals surface area contributed by atoms with E-state index < -0.39 is 0 Å². The van der Waals surface area contributed by atoms with E-state index in [-0.39, 0.29) is 0 Å². The third-order valence-electron chi connectivity index (χ3n) is 2.30. The van der Waals surface area contributed by atoms with Gasteiger partial charge in [-0.05, 0) is 37.3 Å². The topological polar surface area (TPSA) is 12.0 Å². The first-order valence-corrected chi connectivity index (χ1v) is 6.14. The molecule has 1 aliphatic heterocycles. The summed E-state index contributed by atoms with van der Waals surface area (Å²) in [6.07, 6.45) is 11.2. The van der Waals surface area contributed by atoms with Gasteiger partial charge in [0.1, 0.15) is 0 Å². The molecule has 0 aromatic heterocycles. The summed E-state index contributed by atoms with van der Waals surface area (Å²) in [5, 5.41) is 3.44.